The van der Waals surface area contributed by atoms with E-state index in [1.165, 1.54) is 0 Å². The Labute approximate surface area is 81.4 Å². The molecule has 0 aromatic carbocycles. The smallest absolute Gasteiger partial charge is 0.0800 e. The molecule has 0 saturated carbocycles. The highest BCUT2D eigenvalue weighted by Crippen LogP contribution is 2.37. The average Bonchev–Trinajstić information content (AvgIpc) is 1.98. The van der Waals surface area contributed by atoms with Crippen LogP contribution in [-0.4, -0.2) is 36.3 Å². The first-order valence-electron chi connectivity index (χ1n) is 4.87. The SMILES string of the molecule is CN(C)NC1CC(C)(C)OC1(C)C. The van der Waals surface area contributed by atoms with Gasteiger partial charge >= 0.3 is 0 Å². The van der Waals surface area contributed by atoms with Crippen molar-refractivity contribution >= 4 is 0 Å². The molecular formula is C10H22N2O. The van der Waals surface area contributed by atoms with Gasteiger partial charge in [-0.05, 0) is 34.1 Å². The molecule has 0 aromatic heterocycles. The van der Waals surface area contributed by atoms with E-state index in [4.69, 9.17) is 4.74 Å². The van der Waals surface area contributed by atoms with E-state index in [9.17, 15) is 0 Å². The molecular weight excluding hydrogens is 164 g/mol. The molecule has 13 heavy (non-hydrogen) atoms. The van der Waals surface area contributed by atoms with Crippen LogP contribution < -0.4 is 5.43 Å². The zero-order valence-electron chi connectivity index (χ0n) is 9.64. The fourth-order valence-corrected chi connectivity index (χ4v) is 2.08. The van der Waals surface area contributed by atoms with Gasteiger partial charge in [0.05, 0.1) is 17.2 Å². The first kappa shape index (κ1) is 11.0. The van der Waals surface area contributed by atoms with Crippen LogP contribution in [0.5, 0.6) is 0 Å². The van der Waals surface area contributed by atoms with Crippen LogP contribution in [0, 0.1) is 0 Å². The molecule has 3 heteroatoms. The summed E-state index contributed by atoms with van der Waals surface area (Å²) in [6, 6.07) is 0.400. The predicted octanol–water partition coefficient (Wildman–Crippen LogP) is 1.40. The summed E-state index contributed by atoms with van der Waals surface area (Å²) in [7, 11) is 4.03. The lowest BCUT2D eigenvalue weighted by Gasteiger charge is -2.29. The fourth-order valence-electron chi connectivity index (χ4n) is 2.08. The van der Waals surface area contributed by atoms with Gasteiger partial charge in [-0.3, -0.25) is 5.01 Å². The van der Waals surface area contributed by atoms with Crippen LogP contribution in [0.4, 0.5) is 0 Å². The largest absolute Gasteiger partial charge is 0.368 e. The Morgan fingerprint density at radius 3 is 2.08 bits per heavy atom. The number of hydrazine groups is 1. The Kier molecular flexibility index (Phi) is 2.72. The number of hydrogen-bond donors (Lipinski definition) is 1. The molecule has 0 bridgehead atoms. The Morgan fingerprint density at radius 1 is 1.23 bits per heavy atom. The summed E-state index contributed by atoms with van der Waals surface area (Å²) in [5.41, 5.74) is 3.32. The predicted molar refractivity (Wildman–Crippen MR) is 54.5 cm³/mol. The van der Waals surface area contributed by atoms with Gasteiger partial charge in [-0.1, -0.05) is 0 Å². The lowest BCUT2D eigenvalue weighted by molar-refractivity contribution is -0.0734. The average molecular weight is 186 g/mol. The lowest BCUT2D eigenvalue weighted by Crippen LogP contribution is -2.49. The molecule has 1 saturated heterocycles. The number of nitrogens with one attached hydrogen (secondary N) is 1. The molecule has 78 valence electrons. The molecule has 1 aliphatic rings. The van der Waals surface area contributed by atoms with Crippen molar-refractivity contribution < 1.29 is 4.74 Å². The third kappa shape index (κ3) is 2.66. The van der Waals surface area contributed by atoms with E-state index in [1.54, 1.807) is 0 Å². The zero-order valence-corrected chi connectivity index (χ0v) is 9.64. The van der Waals surface area contributed by atoms with Gasteiger partial charge in [0, 0.05) is 14.1 Å². The Morgan fingerprint density at radius 2 is 1.77 bits per heavy atom. The first-order valence-corrected chi connectivity index (χ1v) is 4.87. The summed E-state index contributed by atoms with van der Waals surface area (Å²) in [5, 5.41) is 2.00. The van der Waals surface area contributed by atoms with Crippen molar-refractivity contribution in [3.8, 4) is 0 Å². The minimum Gasteiger partial charge on any atom is -0.368 e. The summed E-state index contributed by atoms with van der Waals surface area (Å²) in [4.78, 5) is 0. The van der Waals surface area contributed by atoms with Crippen molar-refractivity contribution in [1.82, 2.24) is 10.4 Å². The van der Waals surface area contributed by atoms with Crippen LogP contribution in [0.3, 0.4) is 0 Å². The molecule has 1 heterocycles. The van der Waals surface area contributed by atoms with E-state index < -0.39 is 0 Å². The third-order valence-electron chi connectivity index (χ3n) is 2.49. The van der Waals surface area contributed by atoms with Crippen molar-refractivity contribution in [1.29, 1.82) is 0 Å². The van der Waals surface area contributed by atoms with Gasteiger partial charge in [-0.15, -0.1) is 0 Å². The Hall–Kier alpha value is -0.120. The van der Waals surface area contributed by atoms with Crippen molar-refractivity contribution in [2.45, 2.75) is 51.4 Å². The van der Waals surface area contributed by atoms with E-state index in [-0.39, 0.29) is 11.2 Å². The maximum Gasteiger partial charge on any atom is 0.0800 e. The quantitative estimate of drug-likeness (QED) is 0.660. The molecule has 1 atom stereocenters. The molecule has 0 aliphatic carbocycles. The molecule has 1 N–H and O–H groups in total. The molecule has 1 aliphatic heterocycles. The number of rotatable bonds is 2. The lowest BCUT2D eigenvalue weighted by atomic mass is 9.95. The highest BCUT2D eigenvalue weighted by molar-refractivity contribution is 4.98. The summed E-state index contributed by atoms with van der Waals surface area (Å²) in [6.45, 7) is 8.57. The van der Waals surface area contributed by atoms with E-state index in [2.05, 4.69) is 33.1 Å². The van der Waals surface area contributed by atoms with Gasteiger partial charge in [0.15, 0.2) is 0 Å². The second kappa shape index (κ2) is 3.23. The van der Waals surface area contributed by atoms with Gasteiger partial charge < -0.3 is 4.74 Å². The van der Waals surface area contributed by atoms with Gasteiger partial charge in [0.25, 0.3) is 0 Å². The topological polar surface area (TPSA) is 24.5 Å². The van der Waals surface area contributed by atoms with Crippen molar-refractivity contribution in [3.63, 3.8) is 0 Å². The van der Waals surface area contributed by atoms with Gasteiger partial charge in [0.2, 0.25) is 0 Å². The van der Waals surface area contributed by atoms with Crippen molar-refractivity contribution in [3.05, 3.63) is 0 Å². The van der Waals surface area contributed by atoms with Crippen LogP contribution in [0.2, 0.25) is 0 Å². The second-order valence-corrected chi connectivity index (χ2v) is 5.25. The number of ether oxygens (including phenoxy) is 1. The van der Waals surface area contributed by atoms with Crippen molar-refractivity contribution in [2.75, 3.05) is 14.1 Å². The van der Waals surface area contributed by atoms with Crippen LogP contribution in [0.1, 0.15) is 34.1 Å². The Balaban J connectivity index is 2.65. The van der Waals surface area contributed by atoms with Crippen molar-refractivity contribution in [2.24, 2.45) is 0 Å². The van der Waals surface area contributed by atoms with E-state index in [0.717, 1.165) is 6.42 Å². The molecule has 0 spiro atoms. The maximum atomic E-state index is 5.96. The van der Waals surface area contributed by atoms with E-state index >= 15 is 0 Å². The highest BCUT2D eigenvalue weighted by atomic mass is 16.5. The van der Waals surface area contributed by atoms with Crippen LogP contribution >= 0.6 is 0 Å². The monoisotopic (exact) mass is 186 g/mol. The molecule has 1 unspecified atom stereocenters. The molecule has 0 radical (unpaired) electrons. The number of hydrogen-bond acceptors (Lipinski definition) is 3. The number of nitrogens with zero attached hydrogens (tertiary/aromatic N) is 1. The van der Waals surface area contributed by atoms with Crippen LogP contribution in [0.15, 0.2) is 0 Å². The molecule has 0 aromatic rings. The standard InChI is InChI=1S/C10H22N2O/c1-9(2)7-8(11-12(5)6)10(3,4)13-9/h8,11H,7H2,1-6H3. The Bertz CT molecular complexity index is 187. The molecule has 0 amide bonds. The normalized spacial score (nSPS) is 31.2. The fraction of sp³-hybridized carbons (Fsp3) is 1.00. The minimum absolute atomic E-state index is 0.00280. The third-order valence-corrected chi connectivity index (χ3v) is 2.49. The molecule has 1 fully saturated rings. The van der Waals surface area contributed by atoms with Gasteiger partial charge in [0.1, 0.15) is 0 Å². The van der Waals surface area contributed by atoms with Gasteiger partial charge in [-0.25, -0.2) is 5.43 Å². The minimum atomic E-state index is -0.0756. The summed E-state index contributed by atoms with van der Waals surface area (Å²) in [6.07, 6.45) is 1.05. The molecule has 1 rings (SSSR count). The summed E-state index contributed by atoms with van der Waals surface area (Å²) >= 11 is 0. The maximum absolute atomic E-state index is 5.96. The van der Waals surface area contributed by atoms with E-state index in [0.29, 0.717) is 6.04 Å². The van der Waals surface area contributed by atoms with Crippen LogP contribution in [0.25, 0.3) is 0 Å². The summed E-state index contributed by atoms with van der Waals surface area (Å²) < 4.78 is 5.96. The highest BCUT2D eigenvalue weighted by Gasteiger charge is 2.45. The van der Waals surface area contributed by atoms with E-state index in [1.807, 2.05) is 19.1 Å². The first-order chi connectivity index (χ1) is 5.73. The molecule has 3 nitrogen and oxygen atoms in total. The van der Waals surface area contributed by atoms with Crippen LogP contribution in [-0.2, 0) is 4.74 Å². The second-order valence-electron chi connectivity index (χ2n) is 5.25. The van der Waals surface area contributed by atoms with Gasteiger partial charge in [-0.2, -0.15) is 0 Å². The summed E-state index contributed by atoms with van der Waals surface area (Å²) in [5.74, 6) is 0. The zero-order chi connectivity index (χ0) is 10.3.